The van der Waals surface area contributed by atoms with Gasteiger partial charge in [0.1, 0.15) is 0 Å². The number of rotatable bonds is 10. The van der Waals surface area contributed by atoms with Gasteiger partial charge in [0.05, 0.1) is 25.4 Å². The molecule has 0 aromatic heterocycles. The molecule has 0 aliphatic rings. The quantitative estimate of drug-likeness (QED) is 0.379. The zero-order valence-corrected chi connectivity index (χ0v) is 18.2. The Labute approximate surface area is 149 Å². The first-order valence-corrected chi connectivity index (χ1v) is 13.2. The fourth-order valence-corrected chi connectivity index (χ4v) is 5.30. The molecule has 0 radical (unpaired) electrons. The lowest BCUT2D eigenvalue weighted by Gasteiger charge is -2.19. The summed E-state index contributed by atoms with van der Waals surface area (Å²) >= 11 is 16.1. The highest BCUT2D eigenvalue weighted by Gasteiger charge is 2.19. The molecule has 5 nitrogen and oxygen atoms in total. The van der Waals surface area contributed by atoms with Crippen LogP contribution in [0.1, 0.15) is 54.4 Å². The van der Waals surface area contributed by atoms with Crippen LogP contribution in [0.25, 0.3) is 0 Å². The monoisotopic (exact) mass is 416 g/mol. The zero-order valence-electron chi connectivity index (χ0n) is 14.1. The molecule has 0 heterocycles. The van der Waals surface area contributed by atoms with Gasteiger partial charge in [-0.1, -0.05) is 13.8 Å². The Balaban J connectivity index is 0. The van der Waals surface area contributed by atoms with Crippen molar-refractivity contribution in [1.82, 2.24) is 0 Å². The molecule has 0 spiro atoms. The Bertz CT molecular complexity index is 343. The van der Waals surface area contributed by atoms with Crippen LogP contribution in [-0.4, -0.2) is 25.4 Å². The first-order chi connectivity index (χ1) is 9.95. The molecule has 0 rings (SSSR count). The fourth-order valence-electron chi connectivity index (χ4n) is 0.966. The predicted octanol–water partition coefficient (Wildman–Crippen LogP) is 6.49. The van der Waals surface area contributed by atoms with Crippen LogP contribution >= 0.6 is 35.3 Å². The van der Waals surface area contributed by atoms with E-state index in [9.17, 15) is 4.57 Å². The molecule has 0 bridgehead atoms. The molecule has 0 saturated carbocycles. The van der Waals surface area contributed by atoms with Crippen LogP contribution in [0.15, 0.2) is 0 Å². The van der Waals surface area contributed by atoms with Gasteiger partial charge in [0, 0.05) is 11.2 Å². The van der Waals surface area contributed by atoms with Gasteiger partial charge in [0.25, 0.3) is 5.84 Å². The van der Waals surface area contributed by atoms with E-state index in [1.807, 2.05) is 41.5 Å². The zero-order chi connectivity index (χ0) is 17.8. The summed E-state index contributed by atoms with van der Waals surface area (Å²) in [5.74, 6) is -2.50. The third-order valence-corrected chi connectivity index (χ3v) is 5.48. The lowest BCUT2D eigenvalue weighted by molar-refractivity contribution is 0.185. The second-order valence-electron chi connectivity index (χ2n) is 4.84. The lowest BCUT2D eigenvalue weighted by Crippen LogP contribution is -2.04. The van der Waals surface area contributed by atoms with Crippen molar-refractivity contribution >= 4 is 47.1 Å². The van der Waals surface area contributed by atoms with Crippen molar-refractivity contribution in [2.24, 2.45) is 0 Å². The Morgan fingerprint density at radius 2 is 1.23 bits per heavy atom. The van der Waals surface area contributed by atoms with E-state index in [1.165, 1.54) is 0 Å². The number of halogens is 2. The Kier molecular flexibility index (Phi) is 15.8. The van der Waals surface area contributed by atoms with Gasteiger partial charge in [0.15, 0.2) is 0 Å². The Morgan fingerprint density at radius 3 is 1.45 bits per heavy atom. The molecule has 0 fully saturated rings. The molecule has 10 heteroatoms. The van der Waals surface area contributed by atoms with Crippen molar-refractivity contribution in [2.45, 2.75) is 66.6 Å². The van der Waals surface area contributed by atoms with Crippen LogP contribution in [0.5, 0.6) is 0 Å². The highest BCUT2D eigenvalue weighted by molar-refractivity contribution is 8.22. The van der Waals surface area contributed by atoms with Gasteiger partial charge in [-0.25, -0.2) is 4.57 Å². The van der Waals surface area contributed by atoms with Crippen LogP contribution in [0, 0.1) is 0 Å². The molecular weight excluding hydrogens is 389 g/mol. The summed E-state index contributed by atoms with van der Waals surface area (Å²) in [6, 6.07) is 0. The third-order valence-electron chi connectivity index (χ3n) is 1.57. The van der Waals surface area contributed by atoms with Crippen molar-refractivity contribution in [2.75, 3.05) is 13.2 Å². The van der Waals surface area contributed by atoms with Crippen molar-refractivity contribution < 1.29 is 22.7 Å². The molecule has 0 aliphatic carbocycles. The molecule has 0 unspecified atom stereocenters. The maximum Gasteiger partial charge on any atom is 0.424 e. The topological polar surface area (TPSA) is 54.0 Å². The van der Waals surface area contributed by atoms with E-state index in [0.29, 0.717) is 13.2 Å². The summed E-state index contributed by atoms with van der Waals surface area (Å²) in [6.45, 7) is 8.86. The van der Waals surface area contributed by atoms with Crippen molar-refractivity contribution in [3.63, 3.8) is 0 Å². The molecule has 0 aliphatic heterocycles. The summed E-state index contributed by atoms with van der Waals surface area (Å²) in [5, 5.41) is 0. The van der Waals surface area contributed by atoms with Crippen molar-refractivity contribution in [3.8, 4) is 0 Å². The Hall–Kier alpha value is 1.30. The van der Waals surface area contributed by atoms with Crippen LogP contribution < -0.4 is 0 Å². The SMILES string of the molecule is CC(C)OP(=S)(Cl)OC(C)C.CCCOP(=O)(Cl)OCCC. The molecule has 0 atom stereocenters. The van der Waals surface area contributed by atoms with Crippen LogP contribution in [0.3, 0.4) is 0 Å². The van der Waals surface area contributed by atoms with Crippen LogP contribution in [0.2, 0.25) is 0 Å². The smallest absolute Gasteiger partial charge is 0.315 e. The molecule has 0 N–H and O–H groups in total. The van der Waals surface area contributed by atoms with Crippen LogP contribution in [0.4, 0.5) is 0 Å². The lowest BCUT2D eigenvalue weighted by atomic mass is 10.5. The maximum absolute atomic E-state index is 11.1. The van der Waals surface area contributed by atoms with Crippen molar-refractivity contribution in [1.29, 1.82) is 0 Å². The summed E-state index contributed by atoms with van der Waals surface area (Å²) in [5.41, 5.74) is 0. The predicted molar refractivity (Wildman–Crippen MR) is 98.5 cm³/mol. The standard InChI is InChI=1S/C6H14ClO3P.C6H14ClO2PS/c1-3-5-9-11(7,8)10-6-4-2;1-5(2)8-10(7,11)9-6(3)4/h3-6H2,1-2H3;5-6H,1-4H3. The third kappa shape index (κ3) is 19.3. The van der Waals surface area contributed by atoms with Gasteiger partial charge in [-0.3, -0.25) is 9.05 Å². The summed E-state index contributed by atoms with van der Waals surface area (Å²) in [7, 11) is 0. The minimum Gasteiger partial charge on any atom is -0.315 e. The van der Waals surface area contributed by atoms with Gasteiger partial charge < -0.3 is 9.05 Å². The summed E-state index contributed by atoms with van der Waals surface area (Å²) in [6.07, 6.45) is 1.62. The average molecular weight is 417 g/mol. The number of hydrogen-bond acceptors (Lipinski definition) is 6. The highest BCUT2D eigenvalue weighted by Crippen LogP contribution is 2.55. The Morgan fingerprint density at radius 1 is 0.909 bits per heavy atom. The van der Waals surface area contributed by atoms with Crippen LogP contribution in [-0.2, 0) is 34.5 Å². The van der Waals surface area contributed by atoms with Gasteiger partial charge in [0.2, 0.25) is 0 Å². The maximum atomic E-state index is 11.1. The fraction of sp³-hybridized carbons (Fsp3) is 1.00. The first-order valence-electron chi connectivity index (χ1n) is 7.21. The second kappa shape index (κ2) is 13.6. The molecule has 22 heavy (non-hydrogen) atoms. The average Bonchev–Trinajstić information content (AvgIpc) is 2.31. The largest absolute Gasteiger partial charge is 0.424 e. The summed E-state index contributed by atoms with van der Waals surface area (Å²) < 4.78 is 31.0. The summed E-state index contributed by atoms with van der Waals surface area (Å²) in [4.78, 5) is 0. The van der Waals surface area contributed by atoms with E-state index >= 15 is 0 Å². The molecule has 0 aromatic rings. The van der Waals surface area contributed by atoms with E-state index in [4.69, 9.17) is 52.4 Å². The molecule has 0 saturated heterocycles. The highest BCUT2D eigenvalue weighted by atomic mass is 35.7. The first kappa shape index (κ1) is 25.5. The van der Waals surface area contributed by atoms with Crippen molar-refractivity contribution in [3.05, 3.63) is 0 Å². The molecule has 0 aromatic carbocycles. The second-order valence-corrected chi connectivity index (χ2v) is 12.1. The molecule has 136 valence electrons. The van der Waals surface area contributed by atoms with Gasteiger partial charge in [-0.15, -0.1) is 0 Å². The number of hydrogen-bond donors (Lipinski definition) is 0. The minimum atomic E-state index is -3.25. The van der Waals surface area contributed by atoms with Gasteiger partial charge in [-0.05, 0) is 63.6 Å². The van der Waals surface area contributed by atoms with E-state index in [2.05, 4.69) is 0 Å². The molecule has 0 amide bonds. The van der Waals surface area contributed by atoms with E-state index < -0.39 is 12.8 Å². The normalized spacial score (nSPS) is 12.5. The molecular formula is C12H28Cl2O5P2S. The van der Waals surface area contributed by atoms with Gasteiger partial charge in [-0.2, -0.15) is 0 Å². The van der Waals surface area contributed by atoms with E-state index in [-0.39, 0.29) is 12.2 Å². The minimum absolute atomic E-state index is 0.0251. The van der Waals surface area contributed by atoms with E-state index in [0.717, 1.165) is 12.8 Å². The van der Waals surface area contributed by atoms with Gasteiger partial charge >= 0.3 is 6.95 Å². The van der Waals surface area contributed by atoms with E-state index in [1.54, 1.807) is 0 Å².